The molecule has 1 amide bonds. The molecule has 3 aromatic carbocycles. The summed E-state index contributed by atoms with van der Waals surface area (Å²) in [7, 11) is 2.18. The van der Waals surface area contributed by atoms with Crippen LogP contribution in [0.25, 0.3) is 22.0 Å². The maximum Gasteiger partial charge on any atom is 0.258 e. The number of carbonyl (C=O) groups is 1. The Kier molecular flexibility index (Phi) is 9.07. The summed E-state index contributed by atoms with van der Waals surface area (Å²) < 4.78 is 6.43. The van der Waals surface area contributed by atoms with Gasteiger partial charge in [0.05, 0.1) is 18.0 Å². The second kappa shape index (κ2) is 13.1. The van der Waals surface area contributed by atoms with Gasteiger partial charge in [-0.05, 0) is 99.3 Å². The van der Waals surface area contributed by atoms with Gasteiger partial charge >= 0.3 is 0 Å². The fourth-order valence-electron chi connectivity index (χ4n) is 5.47. The number of anilines is 2. The number of hydrogen-bond acceptors (Lipinski definition) is 4. The summed E-state index contributed by atoms with van der Waals surface area (Å²) >= 11 is 0. The first-order chi connectivity index (χ1) is 19.5. The van der Waals surface area contributed by atoms with Crippen LogP contribution in [-0.4, -0.2) is 55.1 Å². The number of H-pyrrole nitrogens is 1. The van der Waals surface area contributed by atoms with E-state index >= 15 is 0 Å². The van der Waals surface area contributed by atoms with E-state index in [0.29, 0.717) is 24.8 Å². The van der Waals surface area contributed by atoms with Crippen LogP contribution >= 0.6 is 0 Å². The summed E-state index contributed by atoms with van der Waals surface area (Å²) in [5, 5.41) is 4.70. The van der Waals surface area contributed by atoms with Gasteiger partial charge in [-0.25, -0.2) is 0 Å². The lowest BCUT2D eigenvalue weighted by Gasteiger charge is -2.23. The molecular formula is C34H42N4O2. The number of ether oxygens (including phenoxy) is 1. The Hall–Kier alpha value is -3.77. The van der Waals surface area contributed by atoms with Crippen LogP contribution in [-0.2, 0) is 0 Å². The van der Waals surface area contributed by atoms with Crippen molar-refractivity contribution in [1.29, 1.82) is 0 Å². The molecule has 2 heterocycles. The highest BCUT2D eigenvalue weighted by Gasteiger charge is 2.25. The maximum atomic E-state index is 13.9. The summed E-state index contributed by atoms with van der Waals surface area (Å²) in [6.45, 7) is 7.77. The number of carbonyl (C=O) groups excluding carboxylic acids is 1. The molecule has 1 aliphatic heterocycles. The molecule has 1 aromatic heterocycles. The fraction of sp³-hybridized carbons (Fsp3) is 0.382. The van der Waals surface area contributed by atoms with Crippen LogP contribution in [0.5, 0.6) is 5.75 Å². The average Bonchev–Trinajstić information content (AvgIpc) is 3.37. The molecule has 1 atom stereocenters. The first-order valence-electron chi connectivity index (χ1n) is 14.7. The van der Waals surface area contributed by atoms with Crippen LogP contribution in [0.3, 0.4) is 0 Å². The third-order valence-corrected chi connectivity index (χ3v) is 7.81. The molecule has 5 rings (SSSR count). The standard InChI is InChI=1S/C34H42N4O2/c1-4-5-8-19-37(3)20-9-22-40-33-24-28(12-14-29(33)26-13-15-30-27(23-26)16-18-35-30)34(39)38-21-17-25(2)36-31-10-6-7-11-32(31)38/h6-7,10-16,18,23-25,35-36H,4-5,8-9,17,19-22H2,1-3H3/t25-/m0/s1. The Balaban J connectivity index is 1.39. The summed E-state index contributed by atoms with van der Waals surface area (Å²) in [6.07, 6.45) is 7.51. The van der Waals surface area contributed by atoms with Gasteiger partial charge in [-0.3, -0.25) is 4.79 Å². The van der Waals surface area contributed by atoms with E-state index in [-0.39, 0.29) is 5.91 Å². The third kappa shape index (κ3) is 6.50. The Morgan fingerprint density at radius 2 is 1.88 bits per heavy atom. The number of nitrogens with zero attached hydrogens (tertiary/aromatic N) is 2. The quantitative estimate of drug-likeness (QED) is 0.193. The Labute approximate surface area is 238 Å². The number of amides is 1. The number of rotatable bonds is 11. The first kappa shape index (κ1) is 27.8. The lowest BCUT2D eigenvalue weighted by molar-refractivity contribution is 0.0986. The van der Waals surface area contributed by atoms with Crippen LogP contribution in [0.4, 0.5) is 11.4 Å². The Morgan fingerprint density at radius 3 is 2.75 bits per heavy atom. The number of para-hydroxylation sites is 2. The van der Waals surface area contributed by atoms with Crippen LogP contribution < -0.4 is 15.0 Å². The zero-order valence-corrected chi connectivity index (χ0v) is 24.1. The molecule has 4 aromatic rings. The van der Waals surface area contributed by atoms with E-state index in [9.17, 15) is 4.79 Å². The van der Waals surface area contributed by atoms with Crippen LogP contribution in [0.15, 0.2) is 72.9 Å². The summed E-state index contributed by atoms with van der Waals surface area (Å²) in [6, 6.07) is 22.8. The normalized spacial score (nSPS) is 15.1. The monoisotopic (exact) mass is 538 g/mol. The van der Waals surface area contributed by atoms with Crippen molar-refractivity contribution in [3.8, 4) is 16.9 Å². The molecule has 0 fully saturated rings. The highest BCUT2D eigenvalue weighted by molar-refractivity contribution is 6.08. The van der Waals surface area contributed by atoms with Crippen LogP contribution in [0.2, 0.25) is 0 Å². The second-order valence-corrected chi connectivity index (χ2v) is 11.0. The highest BCUT2D eigenvalue weighted by atomic mass is 16.5. The summed E-state index contributed by atoms with van der Waals surface area (Å²) in [4.78, 5) is 21.5. The van der Waals surface area contributed by atoms with Gasteiger partial charge in [-0.2, -0.15) is 0 Å². The van der Waals surface area contributed by atoms with Crippen molar-refractivity contribution in [2.45, 2.75) is 52.0 Å². The molecule has 1 aliphatic rings. The third-order valence-electron chi connectivity index (χ3n) is 7.81. The predicted octanol–water partition coefficient (Wildman–Crippen LogP) is 7.58. The number of aromatic amines is 1. The number of fused-ring (bicyclic) bond motifs is 2. The van der Waals surface area contributed by atoms with Gasteiger partial charge in [0.1, 0.15) is 5.75 Å². The Morgan fingerprint density at radius 1 is 1.02 bits per heavy atom. The summed E-state index contributed by atoms with van der Waals surface area (Å²) in [5.41, 5.74) is 5.75. The van der Waals surface area contributed by atoms with Crippen molar-refractivity contribution in [2.75, 3.05) is 43.5 Å². The molecule has 0 saturated carbocycles. The Bertz CT molecular complexity index is 1430. The molecule has 40 heavy (non-hydrogen) atoms. The first-order valence-corrected chi connectivity index (χ1v) is 14.7. The number of unbranched alkanes of at least 4 members (excludes halogenated alkanes) is 2. The number of hydrogen-bond donors (Lipinski definition) is 2. The second-order valence-electron chi connectivity index (χ2n) is 11.0. The SMILES string of the molecule is CCCCCN(C)CCCOc1cc(C(=O)N2CC[C@H](C)Nc3ccccc32)ccc1-c1ccc2[nH]ccc2c1. The van der Waals surface area contributed by atoms with E-state index in [1.807, 2.05) is 53.6 Å². The predicted molar refractivity (Wildman–Crippen MR) is 167 cm³/mol. The van der Waals surface area contributed by atoms with E-state index in [4.69, 9.17) is 4.74 Å². The average molecular weight is 539 g/mol. The highest BCUT2D eigenvalue weighted by Crippen LogP contribution is 2.35. The molecule has 0 bridgehead atoms. The number of nitrogens with one attached hydrogen (secondary N) is 2. The zero-order valence-electron chi connectivity index (χ0n) is 24.1. The number of aromatic nitrogens is 1. The molecule has 0 saturated heterocycles. The van der Waals surface area contributed by atoms with Crippen molar-refractivity contribution in [3.63, 3.8) is 0 Å². The molecule has 0 radical (unpaired) electrons. The number of benzene rings is 3. The van der Waals surface area contributed by atoms with Gasteiger partial charge in [0.15, 0.2) is 0 Å². The molecule has 6 nitrogen and oxygen atoms in total. The van der Waals surface area contributed by atoms with Crippen molar-refractivity contribution in [3.05, 3.63) is 78.5 Å². The van der Waals surface area contributed by atoms with E-state index in [1.165, 1.54) is 19.3 Å². The fourth-order valence-corrected chi connectivity index (χ4v) is 5.47. The lowest BCUT2D eigenvalue weighted by atomic mass is 10.0. The van der Waals surface area contributed by atoms with Gasteiger partial charge in [0.2, 0.25) is 0 Å². The molecule has 0 unspecified atom stereocenters. The van der Waals surface area contributed by atoms with E-state index in [1.54, 1.807) is 0 Å². The smallest absolute Gasteiger partial charge is 0.258 e. The zero-order chi connectivity index (χ0) is 27.9. The topological polar surface area (TPSA) is 60.6 Å². The van der Waals surface area contributed by atoms with Gasteiger partial charge in [0, 0.05) is 42.0 Å². The van der Waals surface area contributed by atoms with Crippen LogP contribution in [0.1, 0.15) is 56.3 Å². The molecule has 2 N–H and O–H groups in total. The minimum atomic E-state index is -0.00325. The molecule has 210 valence electrons. The van der Waals surface area contributed by atoms with Gasteiger partial charge in [-0.1, -0.05) is 38.0 Å². The van der Waals surface area contributed by atoms with Crippen molar-refractivity contribution in [1.82, 2.24) is 9.88 Å². The molecular weight excluding hydrogens is 496 g/mol. The van der Waals surface area contributed by atoms with E-state index < -0.39 is 0 Å². The van der Waals surface area contributed by atoms with Crippen molar-refractivity contribution < 1.29 is 9.53 Å². The largest absolute Gasteiger partial charge is 0.493 e. The van der Waals surface area contributed by atoms with E-state index in [0.717, 1.165) is 65.1 Å². The minimum Gasteiger partial charge on any atom is -0.493 e. The molecule has 0 spiro atoms. The van der Waals surface area contributed by atoms with Crippen LogP contribution in [0, 0.1) is 0 Å². The molecule has 0 aliphatic carbocycles. The lowest BCUT2D eigenvalue weighted by Crippen LogP contribution is -2.32. The van der Waals surface area contributed by atoms with Gasteiger partial charge in [0.25, 0.3) is 5.91 Å². The van der Waals surface area contributed by atoms with Gasteiger partial charge < -0.3 is 24.8 Å². The van der Waals surface area contributed by atoms with Crippen molar-refractivity contribution in [2.24, 2.45) is 0 Å². The van der Waals surface area contributed by atoms with Crippen molar-refractivity contribution >= 4 is 28.2 Å². The van der Waals surface area contributed by atoms with Gasteiger partial charge in [-0.15, -0.1) is 0 Å². The van der Waals surface area contributed by atoms with E-state index in [2.05, 4.69) is 60.4 Å². The minimum absolute atomic E-state index is 0.00325. The summed E-state index contributed by atoms with van der Waals surface area (Å²) in [5.74, 6) is 0.750. The maximum absolute atomic E-state index is 13.9. The molecule has 6 heteroatoms.